The second kappa shape index (κ2) is 4.48. The Hall–Kier alpha value is -1.30. The van der Waals surface area contributed by atoms with Crippen LogP contribution in [0, 0.1) is 12.3 Å². The summed E-state index contributed by atoms with van der Waals surface area (Å²) in [5.41, 5.74) is 8.67. The molecule has 1 aromatic rings. The molecule has 1 aliphatic rings. The van der Waals surface area contributed by atoms with Crippen molar-refractivity contribution in [2.45, 2.75) is 24.9 Å². The third-order valence-electron chi connectivity index (χ3n) is 2.92. The molecule has 2 atom stereocenters. The van der Waals surface area contributed by atoms with Crippen molar-refractivity contribution in [2.24, 2.45) is 5.73 Å². The molecule has 0 saturated carbocycles. The molecule has 2 unspecified atom stereocenters. The van der Waals surface area contributed by atoms with Crippen molar-refractivity contribution in [1.82, 2.24) is 5.32 Å². The van der Waals surface area contributed by atoms with Crippen LogP contribution in [0.5, 0.6) is 0 Å². The van der Waals surface area contributed by atoms with Crippen molar-refractivity contribution in [3.8, 4) is 12.3 Å². The molecule has 0 fully saturated rings. The largest absolute Gasteiger partial charge is 0.324 e. The minimum Gasteiger partial charge on any atom is -0.324 e. The van der Waals surface area contributed by atoms with Crippen molar-refractivity contribution in [2.75, 3.05) is 6.54 Å². The number of rotatable bonds is 3. The maximum absolute atomic E-state index is 6.06. The molecule has 15 heavy (non-hydrogen) atoms. The Morgan fingerprint density at radius 3 is 2.87 bits per heavy atom. The lowest BCUT2D eigenvalue weighted by atomic mass is 10.1. The van der Waals surface area contributed by atoms with Gasteiger partial charge in [0.25, 0.3) is 0 Å². The topological polar surface area (TPSA) is 38.0 Å². The fourth-order valence-electron chi connectivity index (χ4n) is 2.19. The van der Waals surface area contributed by atoms with Crippen LogP contribution in [0.15, 0.2) is 24.3 Å². The van der Waals surface area contributed by atoms with E-state index in [0.29, 0.717) is 6.04 Å². The van der Waals surface area contributed by atoms with E-state index in [1.165, 1.54) is 11.1 Å². The number of fused-ring (bicyclic) bond motifs is 1. The minimum absolute atomic E-state index is 0.171. The molecule has 0 heterocycles. The molecule has 2 heteroatoms. The monoisotopic (exact) mass is 200 g/mol. The molecule has 0 amide bonds. The van der Waals surface area contributed by atoms with Crippen LogP contribution in [0.1, 0.15) is 36.1 Å². The van der Waals surface area contributed by atoms with Gasteiger partial charge in [-0.15, -0.1) is 12.3 Å². The Morgan fingerprint density at radius 1 is 1.40 bits per heavy atom. The van der Waals surface area contributed by atoms with Gasteiger partial charge in [0, 0.05) is 25.0 Å². The van der Waals surface area contributed by atoms with E-state index >= 15 is 0 Å². The Labute approximate surface area is 90.9 Å². The van der Waals surface area contributed by atoms with Crippen LogP contribution in [-0.4, -0.2) is 6.54 Å². The van der Waals surface area contributed by atoms with Crippen LogP contribution in [0.3, 0.4) is 0 Å². The van der Waals surface area contributed by atoms with E-state index in [4.69, 9.17) is 12.2 Å². The number of nitrogens with one attached hydrogen (secondary N) is 1. The second-order valence-corrected chi connectivity index (χ2v) is 3.93. The van der Waals surface area contributed by atoms with Crippen LogP contribution >= 0.6 is 0 Å². The molecule has 1 aliphatic carbocycles. The third kappa shape index (κ3) is 2.04. The first-order valence-electron chi connectivity index (χ1n) is 5.34. The fourth-order valence-corrected chi connectivity index (χ4v) is 2.19. The fraction of sp³-hybridized carbons (Fsp3) is 0.385. The second-order valence-electron chi connectivity index (χ2n) is 3.93. The van der Waals surface area contributed by atoms with Gasteiger partial charge in [-0.3, -0.25) is 0 Å². The van der Waals surface area contributed by atoms with Crippen molar-refractivity contribution in [3.63, 3.8) is 0 Å². The smallest absolute Gasteiger partial charge is 0.0342 e. The summed E-state index contributed by atoms with van der Waals surface area (Å²) in [5.74, 6) is 2.63. The van der Waals surface area contributed by atoms with Gasteiger partial charge in [0.1, 0.15) is 0 Å². The molecule has 2 rings (SSSR count). The average molecular weight is 200 g/mol. The molecule has 1 aromatic carbocycles. The highest BCUT2D eigenvalue weighted by Gasteiger charge is 2.27. The summed E-state index contributed by atoms with van der Waals surface area (Å²) in [7, 11) is 0. The van der Waals surface area contributed by atoms with Gasteiger partial charge in [-0.1, -0.05) is 24.3 Å². The van der Waals surface area contributed by atoms with Crippen LogP contribution < -0.4 is 11.1 Å². The third-order valence-corrected chi connectivity index (χ3v) is 2.92. The predicted octanol–water partition coefficient (Wildman–Crippen LogP) is 1.74. The summed E-state index contributed by atoms with van der Waals surface area (Å²) in [4.78, 5) is 0. The highest BCUT2D eigenvalue weighted by atomic mass is 14.9. The molecule has 0 aromatic heterocycles. The van der Waals surface area contributed by atoms with Crippen LogP contribution in [0.2, 0.25) is 0 Å². The minimum atomic E-state index is 0.171. The molecule has 3 N–H and O–H groups in total. The normalized spacial score (nSPS) is 23.5. The predicted molar refractivity (Wildman–Crippen MR) is 62.2 cm³/mol. The number of benzene rings is 1. The summed E-state index contributed by atoms with van der Waals surface area (Å²) in [5, 5.41) is 3.45. The number of nitrogens with two attached hydrogens (primary N) is 1. The number of terminal acetylenes is 1. The van der Waals surface area contributed by atoms with Gasteiger partial charge in [-0.05, 0) is 17.5 Å². The lowest BCUT2D eigenvalue weighted by Crippen LogP contribution is -2.20. The molecule has 0 aliphatic heterocycles. The SMILES string of the molecule is C#CCCNC1CC(N)c2ccccc21. The van der Waals surface area contributed by atoms with Crippen LogP contribution in [-0.2, 0) is 0 Å². The maximum Gasteiger partial charge on any atom is 0.0342 e. The van der Waals surface area contributed by atoms with E-state index in [0.717, 1.165) is 19.4 Å². The molecule has 0 bridgehead atoms. The molecule has 2 nitrogen and oxygen atoms in total. The first kappa shape index (κ1) is 10.2. The average Bonchev–Trinajstić information content (AvgIpc) is 2.58. The summed E-state index contributed by atoms with van der Waals surface area (Å²) < 4.78 is 0. The molecule has 0 saturated heterocycles. The zero-order chi connectivity index (χ0) is 10.7. The number of hydrogen-bond donors (Lipinski definition) is 2. The Morgan fingerprint density at radius 2 is 2.13 bits per heavy atom. The summed E-state index contributed by atoms with van der Waals surface area (Å²) in [6.07, 6.45) is 6.97. The standard InChI is InChI=1S/C13H16N2/c1-2-3-8-15-13-9-12(14)10-6-4-5-7-11(10)13/h1,4-7,12-13,15H,3,8-9,14H2. The van der Waals surface area contributed by atoms with Gasteiger partial charge < -0.3 is 11.1 Å². The maximum atomic E-state index is 6.06. The van der Waals surface area contributed by atoms with E-state index in [1.54, 1.807) is 0 Å². The van der Waals surface area contributed by atoms with Crippen LogP contribution in [0.25, 0.3) is 0 Å². The quantitative estimate of drug-likeness (QED) is 0.576. The Balaban J connectivity index is 2.08. The molecule has 0 radical (unpaired) electrons. The summed E-state index contributed by atoms with van der Waals surface area (Å²) in [6.45, 7) is 0.863. The highest BCUT2D eigenvalue weighted by Crippen LogP contribution is 2.36. The van der Waals surface area contributed by atoms with Gasteiger partial charge in [0.05, 0.1) is 0 Å². The van der Waals surface area contributed by atoms with E-state index in [1.807, 2.05) is 6.07 Å². The van der Waals surface area contributed by atoms with Gasteiger partial charge >= 0.3 is 0 Å². The van der Waals surface area contributed by atoms with Crippen molar-refractivity contribution >= 4 is 0 Å². The van der Waals surface area contributed by atoms with E-state index in [9.17, 15) is 0 Å². The molecule has 0 spiro atoms. The van der Waals surface area contributed by atoms with Gasteiger partial charge in [0.2, 0.25) is 0 Å². The first-order chi connectivity index (χ1) is 7.33. The van der Waals surface area contributed by atoms with Crippen molar-refractivity contribution in [3.05, 3.63) is 35.4 Å². The van der Waals surface area contributed by atoms with E-state index in [-0.39, 0.29) is 6.04 Å². The van der Waals surface area contributed by atoms with Gasteiger partial charge in [-0.2, -0.15) is 0 Å². The lowest BCUT2D eigenvalue weighted by molar-refractivity contribution is 0.506. The van der Waals surface area contributed by atoms with Gasteiger partial charge in [0.15, 0.2) is 0 Å². The van der Waals surface area contributed by atoms with Crippen molar-refractivity contribution in [1.29, 1.82) is 0 Å². The highest BCUT2D eigenvalue weighted by molar-refractivity contribution is 5.37. The zero-order valence-electron chi connectivity index (χ0n) is 8.74. The Bertz CT molecular complexity index is 378. The van der Waals surface area contributed by atoms with E-state index < -0.39 is 0 Å². The molecular weight excluding hydrogens is 184 g/mol. The molecule has 78 valence electrons. The van der Waals surface area contributed by atoms with E-state index in [2.05, 4.69) is 29.4 Å². The van der Waals surface area contributed by atoms with Crippen LogP contribution in [0.4, 0.5) is 0 Å². The Kier molecular flexibility index (Phi) is 3.05. The zero-order valence-corrected chi connectivity index (χ0v) is 8.74. The number of hydrogen-bond acceptors (Lipinski definition) is 2. The first-order valence-corrected chi connectivity index (χ1v) is 5.34. The lowest BCUT2D eigenvalue weighted by Gasteiger charge is -2.12. The summed E-state index contributed by atoms with van der Waals surface area (Å²) >= 11 is 0. The van der Waals surface area contributed by atoms with Crippen molar-refractivity contribution < 1.29 is 0 Å². The molecular formula is C13H16N2. The summed E-state index contributed by atoms with van der Waals surface area (Å²) in [6, 6.07) is 8.92. The van der Waals surface area contributed by atoms with Gasteiger partial charge in [-0.25, -0.2) is 0 Å².